The number of aryl methyl sites for hydroxylation is 2. The molecule has 1 saturated carbocycles. The van der Waals surface area contributed by atoms with E-state index in [9.17, 15) is 4.79 Å². The molecule has 1 aliphatic rings. The second-order valence-electron chi connectivity index (χ2n) is 4.46. The van der Waals surface area contributed by atoms with Gasteiger partial charge >= 0.3 is 0 Å². The van der Waals surface area contributed by atoms with E-state index in [0.717, 1.165) is 17.4 Å². The molecule has 0 heterocycles. The van der Waals surface area contributed by atoms with Crippen LogP contribution in [0.4, 0.5) is 5.69 Å². The van der Waals surface area contributed by atoms with Gasteiger partial charge in [-0.05, 0) is 49.9 Å². The fraction of sp³-hybridized carbons (Fsp3) is 0.462. The van der Waals surface area contributed by atoms with Gasteiger partial charge in [0.05, 0.1) is 0 Å². The number of hydrogen-bond donors (Lipinski definition) is 0. The van der Waals surface area contributed by atoms with Crippen molar-refractivity contribution in [3.63, 3.8) is 0 Å². The molecule has 0 unspecified atom stereocenters. The van der Waals surface area contributed by atoms with Crippen molar-refractivity contribution >= 4 is 12.0 Å². The van der Waals surface area contributed by atoms with Gasteiger partial charge in [0.15, 0.2) is 0 Å². The van der Waals surface area contributed by atoms with E-state index in [4.69, 9.17) is 0 Å². The van der Waals surface area contributed by atoms with Gasteiger partial charge in [0.1, 0.15) is 6.29 Å². The molecule has 15 heavy (non-hydrogen) atoms. The summed E-state index contributed by atoms with van der Waals surface area (Å²) in [6, 6.07) is 4.82. The van der Waals surface area contributed by atoms with E-state index in [-0.39, 0.29) is 0 Å². The van der Waals surface area contributed by atoms with Crippen LogP contribution >= 0.6 is 0 Å². The highest BCUT2D eigenvalue weighted by molar-refractivity contribution is 5.79. The van der Waals surface area contributed by atoms with Crippen LogP contribution in [0.5, 0.6) is 0 Å². The minimum atomic E-state index is 0.713. The van der Waals surface area contributed by atoms with Gasteiger partial charge < -0.3 is 4.90 Å². The Labute approximate surface area is 90.9 Å². The second kappa shape index (κ2) is 3.69. The molecule has 80 valence electrons. The van der Waals surface area contributed by atoms with Crippen molar-refractivity contribution in [2.45, 2.75) is 32.7 Å². The zero-order chi connectivity index (χ0) is 11.0. The molecule has 0 spiro atoms. The molecule has 0 N–H and O–H groups in total. The van der Waals surface area contributed by atoms with Crippen LogP contribution in [0.3, 0.4) is 0 Å². The Morgan fingerprint density at radius 2 is 1.93 bits per heavy atom. The monoisotopic (exact) mass is 203 g/mol. The Kier molecular flexibility index (Phi) is 2.51. The molecular weight excluding hydrogens is 186 g/mol. The van der Waals surface area contributed by atoms with Crippen molar-refractivity contribution in [1.82, 2.24) is 0 Å². The molecule has 0 aliphatic heterocycles. The van der Waals surface area contributed by atoms with Gasteiger partial charge in [0, 0.05) is 24.3 Å². The van der Waals surface area contributed by atoms with Crippen molar-refractivity contribution in [2.24, 2.45) is 0 Å². The van der Waals surface area contributed by atoms with Crippen LogP contribution in [-0.2, 0) is 0 Å². The SMILES string of the molecule is Cc1cc(N(C)C2CC2)c(C)cc1C=O. The normalized spacial score (nSPS) is 15.1. The van der Waals surface area contributed by atoms with Gasteiger partial charge in [-0.15, -0.1) is 0 Å². The lowest BCUT2D eigenvalue weighted by Gasteiger charge is -2.22. The molecule has 0 aromatic heterocycles. The molecule has 1 fully saturated rings. The van der Waals surface area contributed by atoms with Crippen LogP contribution in [0.25, 0.3) is 0 Å². The molecule has 2 heteroatoms. The van der Waals surface area contributed by atoms with Gasteiger partial charge in [-0.25, -0.2) is 0 Å². The maximum absolute atomic E-state index is 10.8. The minimum Gasteiger partial charge on any atom is -0.371 e. The molecule has 0 amide bonds. The lowest BCUT2D eigenvalue weighted by atomic mass is 10.0. The molecule has 0 saturated heterocycles. The zero-order valence-electron chi connectivity index (χ0n) is 9.58. The third-order valence-corrected chi connectivity index (χ3v) is 3.19. The third-order valence-electron chi connectivity index (χ3n) is 3.19. The fourth-order valence-electron chi connectivity index (χ4n) is 1.99. The highest BCUT2D eigenvalue weighted by Crippen LogP contribution is 2.33. The summed E-state index contributed by atoms with van der Waals surface area (Å²) in [7, 11) is 2.14. The Morgan fingerprint density at radius 1 is 1.27 bits per heavy atom. The summed E-state index contributed by atoms with van der Waals surface area (Å²) >= 11 is 0. The molecule has 1 aliphatic carbocycles. The van der Waals surface area contributed by atoms with Crippen LogP contribution in [0.1, 0.15) is 34.3 Å². The van der Waals surface area contributed by atoms with E-state index < -0.39 is 0 Å². The van der Waals surface area contributed by atoms with Crippen molar-refractivity contribution in [3.05, 3.63) is 28.8 Å². The Morgan fingerprint density at radius 3 is 2.47 bits per heavy atom. The van der Waals surface area contributed by atoms with Gasteiger partial charge in [0.2, 0.25) is 0 Å². The fourth-order valence-corrected chi connectivity index (χ4v) is 1.99. The summed E-state index contributed by atoms with van der Waals surface area (Å²) in [6.07, 6.45) is 3.53. The van der Waals surface area contributed by atoms with Crippen LogP contribution in [0.2, 0.25) is 0 Å². The average Bonchev–Trinajstić information content (AvgIpc) is 3.03. The first-order valence-corrected chi connectivity index (χ1v) is 5.42. The zero-order valence-corrected chi connectivity index (χ0v) is 9.58. The van der Waals surface area contributed by atoms with Crippen molar-refractivity contribution < 1.29 is 4.79 Å². The van der Waals surface area contributed by atoms with Crippen LogP contribution in [0.15, 0.2) is 12.1 Å². The van der Waals surface area contributed by atoms with E-state index >= 15 is 0 Å². The molecule has 1 aromatic carbocycles. The van der Waals surface area contributed by atoms with Crippen molar-refractivity contribution in [1.29, 1.82) is 0 Å². The second-order valence-corrected chi connectivity index (χ2v) is 4.46. The van der Waals surface area contributed by atoms with Crippen molar-refractivity contribution in [3.8, 4) is 0 Å². The molecule has 1 aromatic rings. The molecule has 2 rings (SSSR count). The lowest BCUT2D eigenvalue weighted by molar-refractivity contribution is 0.112. The molecular formula is C13H17NO. The summed E-state index contributed by atoms with van der Waals surface area (Å²) in [5.74, 6) is 0. The molecule has 2 nitrogen and oxygen atoms in total. The van der Waals surface area contributed by atoms with E-state index in [2.05, 4.69) is 24.9 Å². The number of rotatable bonds is 3. The first-order chi connectivity index (χ1) is 7.13. The number of carbonyl (C=O) groups excluding carboxylic acids is 1. The maximum Gasteiger partial charge on any atom is 0.150 e. The number of aldehydes is 1. The molecule has 0 bridgehead atoms. The standard InChI is InChI=1S/C13H17NO/c1-9-7-13(14(3)12-4-5-12)10(2)6-11(9)8-15/h6-8,12H,4-5H2,1-3H3. The number of benzene rings is 1. The first kappa shape index (κ1) is 10.2. The highest BCUT2D eigenvalue weighted by atomic mass is 16.1. The summed E-state index contributed by atoms with van der Waals surface area (Å²) in [5.41, 5.74) is 4.33. The summed E-state index contributed by atoms with van der Waals surface area (Å²) in [5, 5.41) is 0. The van der Waals surface area contributed by atoms with Gasteiger partial charge in [-0.1, -0.05) is 0 Å². The molecule has 0 atom stereocenters. The van der Waals surface area contributed by atoms with E-state index in [1.54, 1.807) is 0 Å². The topological polar surface area (TPSA) is 20.3 Å². The van der Waals surface area contributed by atoms with E-state index in [0.29, 0.717) is 6.04 Å². The van der Waals surface area contributed by atoms with Gasteiger partial charge in [0.25, 0.3) is 0 Å². The Bertz CT molecular complexity index is 394. The van der Waals surface area contributed by atoms with Crippen molar-refractivity contribution in [2.75, 3.05) is 11.9 Å². The smallest absolute Gasteiger partial charge is 0.150 e. The summed E-state index contributed by atoms with van der Waals surface area (Å²) in [6.45, 7) is 4.06. The van der Waals surface area contributed by atoms with Gasteiger partial charge in [-0.2, -0.15) is 0 Å². The minimum absolute atomic E-state index is 0.713. The predicted octanol–water partition coefficient (Wildman–Crippen LogP) is 2.71. The third kappa shape index (κ3) is 1.89. The van der Waals surface area contributed by atoms with Gasteiger partial charge in [-0.3, -0.25) is 4.79 Å². The van der Waals surface area contributed by atoms with E-state index in [1.807, 2.05) is 13.0 Å². The van der Waals surface area contributed by atoms with Crippen LogP contribution < -0.4 is 4.90 Å². The molecule has 0 radical (unpaired) electrons. The summed E-state index contributed by atoms with van der Waals surface area (Å²) < 4.78 is 0. The average molecular weight is 203 g/mol. The van der Waals surface area contributed by atoms with Crippen LogP contribution in [0, 0.1) is 13.8 Å². The number of hydrogen-bond acceptors (Lipinski definition) is 2. The highest BCUT2D eigenvalue weighted by Gasteiger charge is 2.27. The predicted molar refractivity (Wildman–Crippen MR) is 62.7 cm³/mol. The number of anilines is 1. The maximum atomic E-state index is 10.8. The summed E-state index contributed by atoms with van der Waals surface area (Å²) in [4.78, 5) is 13.1. The van der Waals surface area contributed by atoms with E-state index in [1.165, 1.54) is 24.1 Å². The number of carbonyl (C=O) groups is 1. The quantitative estimate of drug-likeness (QED) is 0.704. The number of nitrogens with zero attached hydrogens (tertiary/aromatic N) is 1. The lowest BCUT2D eigenvalue weighted by Crippen LogP contribution is -2.20. The Hall–Kier alpha value is -1.31. The largest absolute Gasteiger partial charge is 0.371 e. The van der Waals surface area contributed by atoms with Crippen LogP contribution in [-0.4, -0.2) is 19.4 Å². The first-order valence-electron chi connectivity index (χ1n) is 5.42. The Balaban J connectivity index is 2.38.